The summed E-state index contributed by atoms with van der Waals surface area (Å²) in [4.78, 5) is 27.2. The van der Waals surface area contributed by atoms with Gasteiger partial charge >= 0.3 is 0 Å². The highest BCUT2D eigenvalue weighted by Gasteiger charge is 2.20. The zero-order valence-corrected chi connectivity index (χ0v) is 18.4. The number of likely N-dealkylation sites (tertiary alicyclic amines) is 1. The Hall–Kier alpha value is -3.12. The first-order chi connectivity index (χ1) is 14.9. The second-order valence-corrected chi connectivity index (χ2v) is 8.28. The highest BCUT2D eigenvalue weighted by atomic mass is 35.5. The number of hydrogen-bond acceptors (Lipinski definition) is 3. The molecule has 0 atom stereocenters. The van der Waals surface area contributed by atoms with Gasteiger partial charge in [-0.1, -0.05) is 17.7 Å². The average Bonchev–Trinajstić information content (AvgIpc) is 3.39. The number of anilines is 1. The summed E-state index contributed by atoms with van der Waals surface area (Å²) >= 11 is 5.98. The van der Waals surface area contributed by atoms with E-state index in [-0.39, 0.29) is 18.2 Å². The highest BCUT2D eigenvalue weighted by molar-refractivity contribution is 6.30. The van der Waals surface area contributed by atoms with Gasteiger partial charge in [0.2, 0.25) is 5.91 Å². The molecule has 1 aromatic heterocycles. The SMILES string of the molecule is Cc1nn(-c2ccc(Cl)cc2)c(C)c1CC(=O)Nc1cccc(C(=O)N2CCCC2)c1. The summed E-state index contributed by atoms with van der Waals surface area (Å²) in [5.41, 5.74) is 4.72. The average molecular weight is 437 g/mol. The van der Waals surface area contributed by atoms with E-state index in [1.165, 1.54) is 0 Å². The van der Waals surface area contributed by atoms with Crippen molar-refractivity contribution in [2.24, 2.45) is 0 Å². The fourth-order valence-corrected chi connectivity index (χ4v) is 4.09. The highest BCUT2D eigenvalue weighted by Crippen LogP contribution is 2.21. The predicted molar refractivity (Wildman–Crippen MR) is 122 cm³/mol. The number of carbonyl (C=O) groups is 2. The summed E-state index contributed by atoms with van der Waals surface area (Å²) in [6.45, 7) is 5.45. The van der Waals surface area contributed by atoms with Crippen LogP contribution in [-0.4, -0.2) is 39.6 Å². The number of hydrogen-bond donors (Lipinski definition) is 1. The fraction of sp³-hybridized carbons (Fsp3) is 0.292. The van der Waals surface area contributed by atoms with Crippen molar-refractivity contribution in [3.05, 3.63) is 76.1 Å². The smallest absolute Gasteiger partial charge is 0.253 e. The number of nitrogens with one attached hydrogen (secondary N) is 1. The molecule has 1 fully saturated rings. The third-order valence-electron chi connectivity index (χ3n) is 5.64. The summed E-state index contributed by atoms with van der Waals surface area (Å²) in [5, 5.41) is 8.18. The Labute approximate surface area is 186 Å². The first-order valence-electron chi connectivity index (χ1n) is 10.4. The number of aromatic nitrogens is 2. The standard InChI is InChI=1S/C24H25ClN4O2/c1-16-22(17(2)29(27-16)21-10-8-19(25)9-11-21)15-23(30)26-20-7-5-6-18(14-20)24(31)28-12-3-4-13-28/h5-11,14H,3-4,12-13,15H2,1-2H3,(H,26,30). The zero-order valence-electron chi connectivity index (χ0n) is 17.7. The number of nitrogens with zero attached hydrogens (tertiary/aromatic N) is 3. The van der Waals surface area contributed by atoms with Crippen LogP contribution in [0.3, 0.4) is 0 Å². The molecular weight excluding hydrogens is 412 g/mol. The van der Waals surface area contributed by atoms with E-state index < -0.39 is 0 Å². The number of carbonyl (C=O) groups excluding carboxylic acids is 2. The molecule has 1 aliphatic heterocycles. The molecule has 1 saturated heterocycles. The molecule has 3 aromatic rings. The minimum atomic E-state index is -0.146. The molecule has 0 bridgehead atoms. The van der Waals surface area contributed by atoms with Crippen LogP contribution in [0.4, 0.5) is 5.69 Å². The molecule has 0 unspecified atom stereocenters. The van der Waals surface area contributed by atoms with Gasteiger partial charge in [-0.15, -0.1) is 0 Å². The number of aryl methyl sites for hydroxylation is 1. The maximum Gasteiger partial charge on any atom is 0.253 e. The topological polar surface area (TPSA) is 67.2 Å². The summed E-state index contributed by atoms with van der Waals surface area (Å²) in [7, 11) is 0. The minimum absolute atomic E-state index is 0.0181. The van der Waals surface area contributed by atoms with Crippen LogP contribution in [0.1, 0.15) is 40.2 Å². The monoisotopic (exact) mass is 436 g/mol. The van der Waals surface area contributed by atoms with Crippen molar-refractivity contribution >= 4 is 29.1 Å². The second-order valence-electron chi connectivity index (χ2n) is 7.84. The van der Waals surface area contributed by atoms with Gasteiger partial charge in [-0.3, -0.25) is 9.59 Å². The molecule has 0 spiro atoms. The van der Waals surface area contributed by atoms with Gasteiger partial charge in [-0.2, -0.15) is 5.10 Å². The van der Waals surface area contributed by atoms with Crippen molar-refractivity contribution < 1.29 is 9.59 Å². The third-order valence-corrected chi connectivity index (χ3v) is 5.89. The largest absolute Gasteiger partial charge is 0.339 e. The molecule has 31 heavy (non-hydrogen) atoms. The van der Waals surface area contributed by atoms with Gasteiger partial charge in [-0.05, 0) is 69.2 Å². The molecule has 0 saturated carbocycles. The van der Waals surface area contributed by atoms with Crippen LogP contribution in [0.15, 0.2) is 48.5 Å². The van der Waals surface area contributed by atoms with Crippen LogP contribution in [0.25, 0.3) is 5.69 Å². The molecule has 0 radical (unpaired) electrons. The van der Waals surface area contributed by atoms with Gasteiger partial charge in [0.1, 0.15) is 0 Å². The predicted octanol–water partition coefficient (Wildman–Crippen LogP) is 4.56. The number of benzene rings is 2. The van der Waals surface area contributed by atoms with E-state index >= 15 is 0 Å². The maximum absolute atomic E-state index is 12.8. The minimum Gasteiger partial charge on any atom is -0.339 e. The van der Waals surface area contributed by atoms with Crippen molar-refractivity contribution in [1.82, 2.24) is 14.7 Å². The first-order valence-corrected chi connectivity index (χ1v) is 10.8. The number of rotatable bonds is 5. The Morgan fingerprint density at radius 1 is 1.06 bits per heavy atom. The molecule has 1 aliphatic rings. The summed E-state index contributed by atoms with van der Waals surface area (Å²) < 4.78 is 1.82. The van der Waals surface area contributed by atoms with Crippen molar-refractivity contribution in [2.75, 3.05) is 18.4 Å². The molecule has 0 aliphatic carbocycles. The van der Waals surface area contributed by atoms with Crippen LogP contribution in [-0.2, 0) is 11.2 Å². The Balaban J connectivity index is 1.47. The molecule has 1 N–H and O–H groups in total. The number of halogens is 1. The molecule has 4 rings (SSSR count). The lowest BCUT2D eigenvalue weighted by molar-refractivity contribution is -0.115. The first kappa shape index (κ1) is 21.1. The summed E-state index contributed by atoms with van der Waals surface area (Å²) in [6.07, 6.45) is 2.30. The van der Waals surface area contributed by atoms with E-state index in [9.17, 15) is 9.59 Å². The summed E-state index contributed by atoms with van der Waals surface area (Å²) in [6, 6.07) is 14.6. The Bertz CT molecular complexity index is 1120. The number of amides is 2. The quantitative estimate of drug-likeness (QED) is 0.637. The molecule has 2 heterocycles. The molecule has 6 nitrogen and oxygen atoms in total. The van der Waals surface area contributed by atoms with Crippen LogP contribution in [0.5, 0.6) is 0 Å². The van der Waals surface area contributed by atoms with E-state index in [2.05, 4.69) is 10.4 Å². The Kier molecular flexibility index (Phi) is 6.09. The fourth-order valence-electron chi connectivity index (χ4n) is 3.96. The van der Waals surface area contributed by atoms with Gasteiger partial charge in [0.05, 0.1) is 17.8 Å². The summed E-state index contributed by atoms with van der Waals surface area (Å²) in [5.74, 6) is -0.128. The molecule has 7 heteroatoms. The molecular formula is C24H25ClN4O2. The van der Waals surface area contributed by atoms with E-state index in [4.69, 9.17) is 11.6 Å². The van der Waals surface area contributed by atoms with Crippen LogP contribution in [0.2, 0.25) is 5.02 Å². The zero-order chi connectivity index (χ0) is 22.0. The van der Waals surface area contributed by atoms with E-state index in [1.807, 2.05) is 47.7 Å². The van der Waals surface area contributed by atoms with Crippen LogP contribution in [0, 0.1) is 13.8 Å². The van der Waals surface area contributed by atoms with Gasteiger partial charge in [0.25, 0.3) is 5.91 Å². The van der Waals surface area contributed by atoms with Gasteiger partial charge < -0.3 is 10.2 Å². The van der Waals surface area contributed by atoms with E-state index in [0.717, 1.165) is 48.6 Å². The molecule has 2 amide bonds. The normalized spacial score (nSPS) is 13.5. The maximum atomic E-state index is 12.8. The third kappa shape index (κ3) is 4.64. The van der Waals surface area contributed by atoms with Crippen molar-refractivity contribution in [1.29, 1.82) is 0 Å². The lowest BCUT2D eigenvalue weighted by atomic mass is 10.1. The Morgan fingerprint density at radius 3 is 2.48 bits per heavy atom. The molecule has 160 valence electrons. The van der Waals surface area contributed by atoms with Crippen molar-refractivity contribution in [3.63, 3.8) is 0 Å². The van der Waals surface area contributed by atoms with Crippen molar-refractivity contribution in [2.45, 2.75) is 33.1 Å². The van der Waals surface area contributed by atoms with Gasteiger partial charge in [0.15, 0.2) is 0 Å². The lowest BCUT2D eigenvalue weighted by Gasteiger charge is -2.15. The Morgan fingerprint density at radius 2 is 1.77 bits per heavy atom. The van der Waals surface area contributed by atoms with Gasteiger partial charge in [0, 0.05) is 40.6 Å². The van der Waals surface area contributed by atoms with Gasteiger partial charge in [-0.25, -0.2) is 4.68 Å². The van der Waals surface area contributed by atoms with Crippen LogP contribution < -0.4 is 5.32 Å². The molecule has 2 aromatic carbocycles. The second kappa shape index (κ2) is 8.94. The van der Waals surface area contributed by atoms with E-state index in [1.54, 1.807) is 24.3 Å². The van der Waals surface area contributed by atoms with E-state index in [0.29, 0.717) is 16.3 Å². The van der Waals surface area contributed by atoms with Crippen LogP contribution >= 0.6 is 11.6 Å². The van der Waals surface area contributed by atoms with Crippen molar-refractivity contribution in [3.8, 4) is 5.69 Å². The lowest BCUT2D eigenvalue weighted by Crippen LogP contribution is -2.27.